The average Bonchev–Trinajstić information content (AvgIpc) is 2.54. The minimum Gasteiger partial charge on any atom is -0.395 e. The highest BCUT2D eigenvalue weighted by Crippen LogP contribution is 2.16. The number of hydrogen-bond acceptors (Lipinski definition) is 2. The van der Waals surface area contributed by atoms with Gasteiger partial charge in [0.05, 0.1) is 6.61 Å². The number of hydrogen-bond donors (Lipinski definition) is 1. The molecule has 0 saturated heterocycles. The van der Waals surface area contributed by atoms with E-state index in [1.165, 1.54) is 11.1 Å². The highest BCUT2D eigenvalue weighted by Gasteiger charge is 2.21. The second-order valence-corrected chi connectivity index (χ2v) is 6.19. The standard InChI is InChI=1S/C20H27NO/c1-17(2)20(16-22)21(15-19-11-7-4-8-12-19)14-13-18-9-5-3-6-10-18/h3-12,17,20,22H,13-16H2,1-2H3. The van der Waals surface area contributed by atoms with Crippen molar-refractivity contribution in [2.75, 3.05) is 13.2 Å². The van der Waals surface area contributed by atoms with E-state index in [0.717, 1.165) is 19.5 Å². The van der Waals surface area contributed by atoms with Crippen LogP contribution in [-0.4, -0.2) is 29.2 Å². The Balaban J connectivity index is 2.07. The lowest BCUT2D eigenvalue weighted by molar-refractivity contribution is 0.0856. The van der Waals surface area contributed by atoms with Crippen LogP contribution in [0.15, 0.2) is 60.7 Å². The molecular weight excluding hydrogens is 270 g/mol. The van der Waals surface area contributed by atoms with Crippen molar-refractivity contribution in [3.8, 4) is 0 Å². The highest BCUT2D eigenvalue weighted by molar-refractivity contribution is 5.16. The van der Waals surface area contributed by atoms with Gasteiger partial charge in [-0.05, 0) is 23.5 Å². The maximum atomic E-state index is 9.80. The molecule has 0 amide bonds. The Morgan fingerprint density at radius 2 is 1.41 bits per heavy atom. The molecule has 0 aliphatic carbocycles. The number of nitrogens with zero attached hydrogens (tertiary/aromatic N) is 1. The van der Waals surface area contributed by atoms with E-state index >= 15 is 0 Å². The van der Waals surface area contributed by atoms with Crippen molar-refractivity contribution in [3.63, 3.8) is 0 Å². The van der Waals surface area contributed by atoms with Crippen molar-refractivity contribution in [3.05, 3.63) is 71.8 Å². The van der Waals surface area contributed by atoms with E-state index < -0.39 is 0 Å². The molecular formula is C20H27NO. The molecule has 0 aliphatic rings. The summed E-state index contributed by atoms with van der Waals surface area (Å²) in [6.07, 6.45) is 1.01. The second-order valence-electron chi connectivity index (χ2n) is 6.19. The molecule has 0 bridgehead atoms. The van der Waals surface area contributed by atoms with Gasteiger partial charge in [0.25, 0.3) is 0 Å². The van der Waals surface area contributed by atoms with Gasteiger partial charge in [0.15, 0.2) is 0 Å². The minimum atomic E-state index is 0.198. The lowest BCUT2D eigenvalue weighted by Gasteiger charge is -2.33. The molecule has 0 aliphatic heterocycles. The summed E-state index contributed by atoms with van der Waals surface area (Å²) < 4.78 is 0. The van der Waals surface area contributed by atoms with Crippen molar-refractivity contribution in [2.24, 2.45) is 5.92 Å². The first-order chi connectivity index (χ1) is 10.7. The number of aliphatic hydroxyl groups excluding tert-OH is 1. The van der Waals surface area contributed by atoms with Crippen LogP contribution in [0.4, 0.5) is 0 Å². The van der Waals surface area contributed by atoms with Gasteiger partial charge in [0.2, 0.25) is 0 Å². The molecule has 1 N–H and O–H groups in total. The number of rotatable bonds is 8. The van der Waals surface area contributed by atoms with Crippen LogP contribution in [0.3, 0.4) is 0 Å². The van der Waals surface area contributed by atoms with Gasteiger partial charge < -0.3 is 5.11 Å². The molecule has 2 aromatic rings. The van der Waals surface area contributed by atoms with Gasteiger partial charge in [-0.3, -0.25) is 4.90 Å². The first kappa shape index (κ1) is 16.7. The third-order valence-electron chi connectivity index (χ3n) is 4.18. The molecule has 0 aromatic heterocycles. The molecule has 1 unspecified atom stereocenters. The smallest absolute Gasteiger partial charge is 0.0589 e. The van der Waals surface area contributed by atoms with Gasteiger partial charge in [-0.15, -0.1) is 0 Å². The maximum Gasteiger partial charge on any atom is 0.0589 e. The molecule has 2 nitrogen and oxygen atoms in total. The quantitative estimate of drug-likeness (QED) is 0.802. The molecule has 2 heteroatoms. The topological polar surface area (TPSA) is 23.5 Å². The highest BCUT2D eigenvalue weighted by atomic mass is 16.3. The van der Waals surface area contributed by atoms with Crippen LogP contribution in [-0.2, 0) is 13.0 Å². The van der Waals surface area contributed by atoms with Crippen molar-refractivity contribution >= 4 is 0 Å². The Morgan fingerprint density at radius 3 is 1.91 bits per heavy atom. The van der Waals surface area contributed by atoms with Crippen LogP contribution in [0.2, 0.25) is 0 Å². The molecule has 22 heavy (non-hydrogen) atoms. The van der Waals surface area contributed by atoms with Gasteiger partial charge in [-0.1, -0.05) is 74.5 Å². The Labute approximate surface area is 134 Å². The SMILES string of the molecule is CC(C)C(CO)N(CCc1ccccc1)Cc1ccccc1. The van der Waals surface area contributed by atoms with Gasteiger partial charge in [0.1, 0.15) is 0 Å². The lowest BCUT2D eigenvalue weighted by atomic mass is 10.0. The second kappa shape index (κ2) is 8.72. The number of benzene rings is 2. The van der Waals surface area contributed by atoms with Crippen molar-refractivity contribution in [2.45, 2.75) is 32.9 Å². The Hall–Kier alpha value is -1.64. The van der Waals surface area contributed by atoms with E-state index in [0.29, 0.717) is 5.92 Å². The zero-order valence-electron chi connectivity index (χ0n) is 13.7. The number of aliphatic hydroxyl groups is 1. The molecule has 0 spiro atoms. The largest absolute Gasteiger partial charge is 0.395 e. The molecule has 0 radical (unpaired) electrons. The molecule has 0 heterocycles. The fourth-order valence-corrected chi connectivity index (χ4v) is 2.85. The summed E-state index contributed by atoms with van der Waals surface area (Å²) in [6.45, 7) is 6.42. The first-order valence-corrected chi connectivity index (χ1v) is 8.13. The van der Waals surface area contributed by atoms with Crippen LogP contribution in [0, 0.1) is 5.92 Å². The van der Waals surface area contributed by atoms with Gasteiger partial charge in [0, 0.05) is 19.1 Å². The fraction of sp³-hybridized carbons (Fsp3) is 0.400. The predicted molar refractivity (Wildman–Crippen MR) is 92.7 cm³/mol. The predicted octanol–water partition coefficient (Wildman–Crippen LogP) is 3.75. The summed E-state index contributed by atoms with van der Waals surface area (Å²) >= 11 is 0. The van der Waals surface area contributed by atoms with Crippen molar-refractivity contribution in [1.29, 1.82) is 0 Å². The summed E-state index contributed by atoms with van der Waals surface area (Å²) in [5.74, 6) is 0.435. The lowest BCUT2D eigenvalue weighted by Crippen LogP contribution is -2.42. The zero-order chi connectivity index (χ0) is 15.8. The molecule has 2 aromatic carbocycles. The summed E-state index contributed by atoms with van der Waals surface area (Å²) in [4.78, 5) is 2.41. The molecule has 0 saturated carbocycles. The summed E-state index contributed by atoms with van der Waals surface area (Å²) in [5.41, 5.74) is 2.65. The first-order valence-electron chi connectivity index (χ1n) is 8.13. The van der Waals surface area contributed by atoms with Crippen LogP contribution in [0.25, 0.3) is 0 Å². The fourth-order valence-electron chi connectivity index (χ4n) is 2.85. The van der Waals surface area contributed by atoms with Crippen molar-refractivity contribution < 1.29 is 5.11 Å². The maximum absolute atomic E-state index is 9.80. The molecule has 1 atom stereocenters. The van der Waals surface area contributed by atoms with Crippen LogP contribution in [0.5, 0.6) is 0 Å². The normalized spacial score (nSPS) is 12.8. The average molecular weight is 297 g/mol. The van der Waals surface area contributed by atoms with Crippen LogP contribution < -0.4 is 0 Å². The van der Waals surface area contributed by atoms with Gasteiger partial charge in [-0.25, -0.2) is 0 Å². The molecule has 118 valence electrons. The Bertz CT molecular complexity index is 524. The minimum absolute atomic E-state index is 0.198. The third kappa shape index (κ3) is 4.97. The van der Waals surface area contributed by atoms with Crippen LogP contribution in [0.1, 0.15) is 25.0 Å². The summed E-state index contributed by atoms with van der Waals surface area (Å²) in [7, 11) is 0. The summed E-state index contributed by atoms with van der Waals surface area (Å²) in [6, 6.07) is 21.3. The van der Waals surface area contributed by atoms with E-state index in [2.05, 4.69) is 73.3 Å². The monoisotopic (exact) mass is 297 g/mol. The third-order valence-corrected chi connectivity index (χ3v) is 4.18. The Kier molecular flexibility index (Phi) is 6.63. The summed E-state index contributed by atoms with van der Waals surface area (Å²) in [5, 5.41) is 9.80. The van der Waals surface area contributed by atoms with Crippen LogP contribution >= 0.6 is 0 Å². The molecule has 0 fully saturated rings. The van der Waals surface area contributed by atoms with E-state index in [9.17, 15) is 5.11 Å². The van der Waals surface area contributed by atoms with E-state index in [1.807, 2.05) is 6.07 Å². The zero-order valence-corrected chi connectivity index (χ0v) is 13.7. The van der Waals surface area contributed by atoms with Gasteiger partial charge in [-0.2, -0.15) is 0 Å². The van der Waals surface area contributed by atoms with E-state index in [1.54, 1.807) is 0 Å². The molecule has 2 rings (SSSR count). The van der Waals surface area contributed by atoms with E-state index in [4.69, 9.17) is 0 Å². The Morgan fingerprint density at radius 1 is 0.864 bits per heavy atom. The van der Waals surface area contributed by atoms with Gasteiger partial charge >= 0.3 is 0 Å². The van der Waals surface area contributed by atoms with E-state index in [-0.39, 0.29) is 12.6 Å². The van der Waals surface area contributed by atoms with Crippen molar-refractivity contribution in [1.82, 2.24) is 4.90 Å².